The van der Waals surface area contributed by atoms with Crippen molar-refractivity contribution in [3.63, 3.8) is 0 Å². The van der Waals surface area contributed by atoms with Gasteiger partial charge in [-0.15, -0.1) is 6.42 Å². The monoisotopic (exact) mass is 300 g/mol. The van der Waals surface area contributed by atoms with E-state index in [1.807, 2.05) is 0 Å². The van der Waals surface area contributed by atoms with Gasteiger partial charge in [0.05, 0.1) is 6.54 Å². The lowest BCUT2D eigenvalue weighted by atomic mass is 10.2. The van der Waals surface area contributed by atoms with Gasteiger partial charge in [0.2, 0.25) is 0 Å². The summed E-state index contributed by atoms with van der Waals surface area (Å²) in [6, 6.07) is 5.16. The van der Waals surface area contributed by atoms with Gasteiger partial charge >= 0.3 is 0 Å². The highest BCUT2D eigenvalue weighted by molar-refractivity contribution is 14.1. The highest BCUT2D eigenvalue weighted by Crippen LogP contribution is 2.13. The molecule has 72 valence electrons. The van der Waals surface area contributed by atoms with E-state index in [1.165, 1.54) is 0 Å². The minimum atomic E-state index is -0.201. The number of nitrogens with one attached hydrogen (secondary N) is 1. The maximum Gasteiger partial charge on any atom is 0.252 e. The maximum absolute atomic E-state index is 11.4. The molecule has 0 fully saturated rings. The fraction of sp³-hybridized carbons (Fsp3) is 0.100. The second-order valence-corrected chi connectivity index (χ2v) is 3.91. The van der Waals surface area contributed by atoms with Crippen LogP contribution in [-0.4, -0.2) is 12.5 Å². The number of amides is 1. The Bertz CT molecular complexity index is 375. The van der Waals surface area contributed by atoms with Crippen LogP contribution in [0.15, 0.2) is 18.2 Å². The third kappa shape index (κ3) is 2.92. The average Bonchev–Trinajstić information content (AvgIpc) is 2.12. The number of nitrogens with two attached hydrogens (primary N) is 1. The molecule has 1 rings (SSSR count). The van der Waals surface area contributed by atoms with E-state index in [0.29, 0.717) is 11.3 Å². The molecule has 0 spiro atoms. The molecule has 0 bridgehead atoms. The van der Waals surface area contributed by atoms with Crippen molar-refractivity contribution in [3.05, 3.63) is 27.3 Å². The highest BCUT2D eigenvalue weighted by Gasteiger charge is 2.05. The van der Waals surface area contributed by atoms with Gasteiger partial charge in [-0.1, -0.05) is 5.92 Å². The zero-order chi connectivity index (χ0) is 10.6. The number of hydrogen-bond acceptors (Lipinski definition) is 2. The SMILES string of the molecule is C#CCNC(=O)c1cc(N)cc(I)c1. The molecule has 0 atom stereocenters. The molecule has 4 heteroatoms. The Morgan fingerprint density at radius 2 is 2.29 bits per heavy atom. The Balaban J connectivity index is 2.85. The van der Waals surface area contributed by atoms with Crippen LogP contribution in [0.3, 0.4) is 0 Å². The molecule has 0 heterocycles. The van der Waals surface area contributed by atoms with Crippen molar-refractivity contribution in [3.8, 4) is 12.3 Å². The molecule has 3 N–H and O–H groups in total. The summed E-state index contributed by atoms with van der Waals surface area (Å²) in [5, 5.41) is 2.57. The fourth-order valence-electron chi connectivity index (χ4n) is 0.977. The van der Waals surface area contributed by atoms with Crippen molar-refractivity contribution >= 4 is 34.2 Å². The molecule has 0 aliphatic rings. The lowest BCUT2D eigenvalue weighted by Gasteiger charge is -2.03. The number of carbonyl (C=O) groups is 1. The first-order chi connectivity index (χ1) is 6.63. The van der Waals surface area contributed by atoms with Crippen LogP contribution in [0.25, 0.3) is 0 Å². The van der Waals surface area contributed by atoms with E-state index >= 15 is 0 Å². The van der Waals surface area contributed by atoms with E-state index in [4.69, 9.17) is 12.2 Å². The molecule has 3 nitrogen and oxygen atoms in total. The van der Waals surface area contributed by atoms with E-state index in [-0.39, 0.29) is 12.5 Å². The molecule has 0 radical (unpaired) electrons. The quantitative estimate of drug-likeness (QED) is 0.490. The molecule has 0 saturated carbocycles. The topological polar surface area (TPSA) is 55.1 Å². The third-order valence-electron chi connectivity index (χ3n) is 1.53. The van der Waals surface area contributed by atoms with E-state index in [0.717, 1.165) is 3.57 Å². The Kier molecular flexibility index (Phi) is 3.77. The van der Waals surface area contributed by atoms with Crippen LogP contribution in [0.5, 0.6) is 0 Å². The summed E-state index contributed by atoms with van der Waals surface area (Å²) in [6.45, 7) is 0.226. The number of benzene rings is 1. The lowest BCUT2D eigenvalue weighted by Crippen LogP contribution is -2.23. The first kappa shape index (κ1) is 10.9. The van der Waals surface area contributed by atoms with Crippen LogP contribution in [0.4, 0.5) is 5.69 Å². The Labute approximate surface area is 96.2 Å². The van der Waals surface area contributed by atoms with Crippen LogP contribution in [0.2, 0.25) is 0 Å². The van der Waals surface area contributed by atoms with Gasteiger partial charge in [0.1, 0.15) is 0 Å². The standard InChI is InChI=1S/C10H9IN2O/c1-2-3-13-10(14)7-4-8(11)6-9(12)5-7/h1,4-6H,3,12H2,(H,13,14). The van der Waals surface area contributed by atoms with Gasteiger partial charge in [0, 0.05) is 14.8 Å². The van der Waals surface area contributed by atoms with E-state index in [9.17, 15) is 4.79 Å². The van der Waals surface area contributed by atoms with Gasteiger partial charge in [-0.25, -0.2) is 0 Å². The summed E-state index contributed by atoms with van der Waals surface area (Å²) in [4.78, 5) is 11.4. The van der Waals surface area contributed by atoms with Crippen molar-refractivity contribution in [2.24, 2.45) is 0 Å². The first-order valence-corrected chi connectivity index (χ1v) is 4.99. The summed E-state index contributed by atoms with van der Waals surface area (Å²) < 4.78 is 0.924. The summed E-state index contributed by atoms with van der Waals surface area (Å²) >= 11 is 2.10. The normalized spacial score (nSPS) is 9.14. The molecule has 1 aromatic carbocycles. The molecule has 0 unspecified atom stereocenters. The second kappa shape index (κ2) is 4.86. The van der Waals surface area contributed by atoms with E-state index in [2.05, 4.69) is 33.8 Å². The van der Waals surface area contributed by atoms with Crippen LogP contribution < -0.4 is 11.1 Å². The van der Waals surface area contributed by atoms with Gasteiger partial charge in [0.15, 0.2) is 0 Å². The van der Waals surface area contributed by atoms with Crippen molar-refractivity contribution in [1.29, 1.82) is 0 Å². The van der Waals surface area contributed by atoms with Gasteiger partial charge < -0.3 is 11.1 Å². The van der Waals surface area contributed by atoms with Gasteiger partial charge in [-0.05, 0) is 40.8 Å². The van der Waals surface area contributed by atoms with Crippen LogP contribution in [0.1, 0.15) is 10.4 Å². The Hall–Kier alpha value is -1.22. The molecule has 1 aromatic rings. The molecule has 0 saturated heterocycles. The average molecular weight is 300 g/mol. The van der Waals surface area contributed by atoms with Gasteiger partial charge in [0.25, 0.3) is 5.91 Å². The highest BCUT2D eigenvalue weighted by atomic mass is 127. The molecular weight excluding hydrogens is 291 g/mol. The number of halogens is 1. The molecule has 0 aromatic heterocycles. The number of hydrogen-bond donors (Lipinski definition) is 2. The van der Waals surface area contributed by atoms with Crippen LogP contribution in [-0.2, 0) is 0 Å². The van der Waals surface area contributed by atoms with E-state index < -0.39 is 0 Å². The van der Waals surface area contributed by atoms with Crippen LogP contribution >= 0.6 is 22.6 Å². The van der Waals surface area contributed by atoms with Crippen molar-refractivity contribution in [1.82, 2.24) is 5.32 Å². The summed E-state index contributed by atoms with van der Waals surface area (Å²) in [7, 11) is 0. The zero-order valence-corrected chi connectivity index (χ0v) is 9.54. The smallest absolute Gasteiger partial charge is 0.252 e. The minimum absolute atomic E-state index is 0.201. The predicted molar refractivity (Wildman–Crippen MR) is 64.7 cm³/mol. The Morgan fingerprint density at radius 3 is 2.86 bits per heavy atom. The first-order valence-electron chi connectivity index (χ1n) is 3.91. The van der Waals surface area contributed by atoms with Crippen molar-refractivity contribution < 1.29 is 4.79 Å². The molecule has 0 aliphatic carbocycles. The van der Waals surface area contributed by atoms with Crippen molar-refractivity contribution in [2.75, 3.05) is 12.3 Å². The number of terminal acetylenes is 1. The molecule has 1 amide bonds. The molecule has 0 aliphatic heterocycles. The molecular formula is C10H9IN2O. The fourth-order valence-corrected chi connectivity index (χ4v) is 1.67. The predicted octanol–water partition coefficient (Wildman–Crippen LogP) is 1.24. The second-order valence-electron chi connectivity index (χ2n) is 2.66. The zero-order valence-electron chi connectivity index (χ0n) is 7.38. The minimum Gasteiger partial charge on any atom is -0.399 e. The third-order valence-corrected chi connectivity index (χ3v) is 2.16. The molecule has 14 heavy (non-hydrogen) atoms. The van der Waals surface area contributed by atoms with Crippen LogP contribution in [0, 0.1) is 15.9 Å². The summed E-state index contributed by atoms with van der Waals surface area (Å²) in [5.74, 6) is 2.13. The maximum atomic E-state index is 11.4. The Morgan fingerprint density at radius 1 is 1.57 bits per heavy atom. The number of nitrogen functional groups attached to an aromatic ring is 1. The largest absolute Gasteiger partial charge is 0.399 e. The van der Waals surface area contributed by atoms with Crippen molar-refractivity contribution in [2.45, 2.75) is 0 Å². The van der Waals surface area contributed by atoms with E-state index in [1.54, 1.807) is 18.2 Å². The van der Waals surface area contributed by atoms with Gasteiger partial charge in [-0.3, -0.25) is 4.79 Å². The lowest BCUT2D eigenvalue weighted by molar-refractivity contribution is 0.0958. The number of rotatable bonds is 2. The summed E-state index contributed by atoms with van der Waals surface area (Å²) in [5.41, 5.74) is 6.70. The number of carbonyl (C=O) groups excluding carboxylic acids is 1. The number of anilines is 1. The summed E-state index contributed by atoms with van der Waals surface area (Å²) in [6.07, 6.45) is 5.02. The van der Waals surface area contributed by atoms with Gasteiger partial charge in [-0.2, -0.15) is 0 Å².